The summed E-state index contributed by atoms with van der Waals surface area (Å²) in [6.07, 6.45) is -3.70. The maximum Gasteiger partial charge on any atom is 0.417 e. The third-order valence-electron chi connectivity index (χ3n) is 2.63. The molecule has 8 heteroatoms. The summed E-state index contributed by atoms with van der Waals surface area (Å²) in [4.78, 5) is 14.5. The van der Waals surface area contributed by atoms with Gasteiger partial charge in [0.05, 0.1) is 15.6 Å². The van der Waals surface area contributed by atoms with Gasteiger partial charge < -0.3 is 0 Å². The molecule has 0 N–H and O–H groups in total. The van der Waals surface area contributed by atoms with E-state index in [9.17, 15) is 18.0 Å². The fraction of sp³-hybridized carbons (Fsp3) is 0.0769. The number of nitrogens with zero attached hydrogens (tertiary/aromatic N) is 1. The lowest BCUT2D eigenvalue weighted by atomic mass is 10.0. The van der Waals surface area contributed by atoms with Crippen molar-refractivity contribution in [2.45, 2.75) is 6.18 Å². The van der Waals surface area contributed by atoms with Crippen molar-refractivity contribution >= 4 is 41.1 Å². The highest BCUT2D eigenvalue weighted by atomic mass is 35.5. The number of pyridine rings is 1. The number of aromatic nitrogens is 1. The number of hydrogen-bond acceptors (Lipinski definition) is 2. The van der Waals surface area contributed by atoms with Crippen LogP contribution in [-0.4, -0.2) is 11.3 Å². The fourth-order valence-corrected chi connectivity index (χ4v) is 2.74. The molecule has 0 unspecified atom stereocenters. The molecular formula is C13H5Cl3F3NO. The van der Waals surface area contributed by atoms with Crippen LogP contribution in [0.1, 0.15) is 16.1 Å². The predicted octanol–water partition coefficient (Wildman–Crippen LogP) is 5.54. The summed E-state index contributed by atoms with van der Waals surface area (Å²) in [6.45, 7) is 0. The Balaban J connectivity index is 2.76. The zero-order valence-electron chi connectivity index (χ0n) is 10.0. The highest BCUT2D eigenvalue weighted by Crippen LogP contribution is 2.40. The standard InChI is InChI=1S/C13H5Cl3F3NO/c14-7-2-9(15)12(10(16)3-7)8-1-6(13(17,18)19)4-20-11(8)5-21/h1-5H. The van der Waals surface area contributed by atoms with Crippen LogP contribution in [0.25, 0.3) is 11.1 Å². The summed E-state index contributed by atoms with van der Waals surface area (Å²) in [7, 11) is 0. The third kappa shape index (κ3) is 3.31. The van der Waals surface area contributed by atoms with E-state index in [-0.39, 0.29) is 31.9 Å². The lowest BCUT2D eigenvalue weighted by Gasteiger charge is -2.13. The largest absolute Gasteiger partial charge is 0.417 e. The van der Waals surface area contributed by atoms with Crippen molar-refractivity contribution in [2.75, 3.05) is 0 Å². The summed E-state index contributed by atoms with van der Waals surface area (Å²) in [5.74, 6) is 0. The van der Waals surface area contributed by atoms with E-state index in [1.807, 2.05) is 0 Å². The lowest BCUT2D eigenvalue weighted by Crippen LogP contribution is -2.07. The topological polar surface area (TPSA) is 30.0 Å². The van der Waals surface area contributed by atoms with Gasteiger partial charge in [-0.2, -0.15) is 13.2 Å². The number of hydrogen-bond donors (Lipinski definition) is 0. The molecule has 1 aromatic carbocycles. The molecule has 0 saturated carbocycles. The monoisotopic (exact) mass is 353 g/mol. The van der Waals surface area contributed by atoms with E-state index in [1.54, 1.807) is 0 Å². The Kier molecular flexibility index (Phi) is 4.46. The van der Waals surface area contributed by atoms with Crippen LogP contribution in [0.2, 0.25) is 15.1 Å². The van der Waals surface area contributed by atoms with E-state index in [4.69, 9.17) is 34.8 Å². The minimum absolute atomic E-state index is 0.0247. The maximum atomic E-state index is 12.8. The average molecular weight is 355 g/mol. The summed E-state index contributed by atoms with van der Waals surface area (Å²) < 4.78 is 38.3. The van der Waals surface area contributed by atoms with Gasteiger partial charge in [-0.15, -0.1) is 0 Å². The number of aldehydes is 1. The molecule has 1 heterocycles. The molecule has 2 aromatic rings. The van der Waals surface area contributed by atoms with Gasteiger partial charge >= 0.3 is 6.18 Å². The zero-order valence-corrected chi connectivity index (χ0v) is 12.3. The van der Waals surface area contributed by atoms with Gasteiger partial charge in [0.25, 0.3) is 0 Å². The second kappa shape index (κ2) is 5.83. The SMILES string of the molecule is O=Cc1ncc(C(F)(F)F)cc1-c1c(Cl)cc(Cl)cc1Cl. The first-order valence-corrected chi connectivity index (χ1v) is 6.54. The smallest absolute Gasteiger partial charge is 0.296 e. The molecule has 0 aliphatic rings. The van der Waals surface area contributed by atoms with Crippen molar-refractivity contribution in [3.63, 3.8) is 0 Å². The molecule has 0 atom stereocenters. The molecule has 0 aliphatic heterocycles. The van der Waals surface area contributed by atoms with E-state index < -0.39 is 11.7 Å². The average Bonchev–Trinajstić information content (AvgIpc) is 2.36. The Labute approximate surface area is 132 Å². The van der Waals surface area contributed by atoms with Crippen LogP contribution in [0.15, 0.2) is 24.4 Å². The van der Waals surface area contributed by atoms with Crippen LogP contribution in [0.5, 0.6) is 0 Å². The number of benzene rings is 1. The van der Waals surface area contributed by atoms with Gasteiger partial charge in [0, 0.05) is 22.3 Å². The molecule has 0 bridgehead atoms. The molecule has 21 heavy (non-hydrogen) atoms. The molecule has 0 saturated heterocycles. The molecule has 0 fully saturated rings. The van der Waals surface area contributed by atoms with Crippen molar-refractivity contribution in [3.8, 4) is 11.1 Å². The normalized spacial score (nSPS) is 11.5. The molecule has 0 amide bonds. The fourth-order valence-electron chi connectivity index (χ4n) is 1.72. The molecule has 0 spiro atoms. The van der Waals surface area contributed by atoms with Crippen LogP contribution in [0, 0.1) is 0 Å². The van der Waals surface area contributed by atoms with Crippen LogP contribution >= 0.6 is 34.8 Å². The van der Waals surface area contributed by atoms with E-state index in [2.05, 4.69) is 4.98 Å². The highest BCUT2D eigenvalue weighted by Gasteiger charge is 2.32. The molecule has 110 valence electrons. The zero-order chi connectivity index (χ0) is 15.8. The van der Waals surface area contributed by atoms with Crippen LogP contribution in [-0.2, 0) is 6.18 Å². The van der Waals surface area contributed by atoms with Gasteiger partial charge in [-0.05, 0) is 18.2 Å². The Morgan fingerprint density at radius 3 is 2.10 bits per heavy atom. The van der Waals surface area contributed by atoms with Crippen molar-refractivity contribution in [1.82, 2.24) is 4.98 Å². The minimum atomic E-state index is -4.60. The third-order valence-corrected chi connectivity index (χ3v) is 3.45. The minimum Gasteiger partial charge on any atom is -0.296 e. The Bertz CT molecular complexity index is 693. The highest BCUT2D eigenvalue weighted by molar-refractivity contribution is 6.42. The maximum absolute atomic E-state index is 12.8. The van der Waals surface area contributed by atoms with E-state index >= 15 is 0 Å². The lowest BCUT2D eigenvalue weighted by molar-refractivity contribution is -0.137. The second-order valence-corrected chi connectivity index (χ2v) is 5.27. The summed E-state index contributed by atoms with van der Waals surface area (Å²) >= 11 is 17.7. The van der Waals surface area contributed by atoms with Gasteiger partial charge in [-0.3, -0.25) is 9.78 Å². The Morgan fingerprint density at radius 1 is 1.05 bits per heavy atom. The first-order valence-electron chi connectivity index (χ1n) is 5.41. The van der Waals surface area contributed by atoms with Crippen molar-refractivity contribution in [2.24, 2.45) is 0 Å². The number of alkyl halides is 3. The molecular weight excluding hydrogens is 350 g/mol. The van der Waals surface area contributed by atoms with Crippen LogP contribution in [0.4, 0.5) is 13.2 Å². The van der Waals surface area contributed by atoms with Crippen LogP contribution < -0.4 is 0 Å². The number of carbonyl (C=O) groups excluding carboxylic acids is 1. The van der Waals surface area contributed by atoms with Gasteiger partial charge in [0.2, 0.25) is 0 Å². The first kappa shape index (κ1) is 16.1. The number of carbonyl (C=O) groups is 1. The van der Waals surface area contributed by atoms with Gasteiger partial charge in [-0.1, -0.05) is 34.8 Å². The Hall–Kier alpha value is -1.30. The van der Waals surface area contributed by atoms with E-state index in [0.717, 1.165) is 6.07 Å². The van der Waals surface area contributed by atoms with E-state index in [1.165, 1.54) is 12.1 Å². The first-order chi connectivity index (χ1) is 9.74. The summed E-state index contributed by atoms with van der Waals surface area (Å²) in [5, 5.41) is 0.273. The number of halogens is 6. The summed E-state index contributed by atoms with van der Waals surface area (Å²) in [6, 6.07) is 3.41. The van der Waals surface area contributed by atoms with Gasteiger partial charge in [0.15, 0.2) is 6.29 Å². The van der Waals surface area contributed by atoms with Crippen molar-refractivity contribution in [1.29, 1.82) is 0 Å². The molecule has 1 aromatic heterocycles. The van der Waals surface area contributed by atoms with Crippen molar-refractivity contribution in [3.05, 3.63) is 50.7 Å². The number of rotatable bonds is 2. The van der Waals surface area contributed by atoms with Crippen molar-refractivity contribution < 1.29 is 18.0 Å². The van der Waals surface area contributed by atoms with Gasteiger partial charge in [-0.25, -0.2) is 0 Å². The molecule has 0 radical (unpaired) electrons. The summed E-state index contributed by atoms with van der Waals surface area (Å²) in [5.41, 5.74) is -1.24. The second-order valence-electron chi connectivity index (χ2n) is 4.02. The molecule has 2 rings (SSSR count). The predicted molar refractivity (Wildman–Crippen MR) is 75.1 cm³/mol. The van der Waals surface area contributed by atoms with Gasteiger partial charge in [0.1, 0.15) is 5.69 Å². The van der Waals surface area contributed by atoms with E-state index in [0.29, 0.717) is 12.5 Å². The van der Waals surface area contributed by atoms with Crippen LogP contribution in [0.3, 0.4) is 0 Å². The molecule has 0 aliphatic carbocycles. The molecule has 2 nitrogen and oxygen atoms in total. The Morgan fingerprint density at radius 2 is 1.62 bits per heavy atom. The quantitative estimate of drug-likeness (QED) is 0.663.